The van der Waals surface area contributed by atoms with Gasteiger partial charge in [-0.15, -0.1) is 0 Å². The number of aliphatic hydroxyl groups excluding tert-OH is 1. The van der Waals surface area contributed by atoms with Crippen molar-refractivity contribution >= 4 is 23.3 Å². The Kier molecular flexibility index (Phi) is 6.47. The first-order valence-electron chi connectivity index (χ1n) is 18.7. The molecule has 0 amide bonds. The van der Waals surface area contributed by atoms with E-state index in [1.807, 2.05) is 6.07 Å². The van der Waals surface area contributed by atoms with Gasteiger partial charge in [-0.1, -0.05) is 68.5 Å². The Balaban J connectivity index is 1.15. The molecule has 2 fully saturated rings. The number of methoxy groups -OCH3 is 2. The van der Waals surface area contributed by atoms with Crippen LogP contribution in [0.2, 0.25) is 0 Å². The number of ether oxygens (including phenoxy) is 2. The number of hydrogen-bond donors (Lipinski definition) is 3. The zero-order chi connectivity index (χ0) is 35.1. The number of rotatable bonds is 5. The fraction of sp³-hybridized carbons (Fsp3) is 0.476. The molecule has 264 valence electrons. The third-order valence-electron chi connectivity index (χ3n) is 14.6. The van der Waals surface area contributed by atoms with Gasteiger partial charge in [0, 0.05) is 58.8 Å². The zero-order valence-corrected chi connectivity index (χ0v) is 29.8. The number of carbonyl (C=O) groups excluding carboxylic acids is 2. The Morgan fingerprint density at radius 2 is 1.29 bits per heavy atom. The van der Waals surface area contributed by atoms with Crippen LogP contribution in [0.15, 0.2) is 94.9 Å². The first-order valence-corrected chi connectivity index (χ1v) is 18.7. The Morgan fingerprint density at radius 1 is 0.784 bits per heavy atom. The second-order valence-corrected chi connectivity index (χ2v) is 16.1. The first kappa shape index (κ1) is 31.5. The van der Waals surface area contributed by atoms with Crippen molar-refractivity contribution in [1.29, 1.82) is 0 Å². The van der Waals surface area contributed by atoms with Crippen LogP contribution in [0, 0.1) is 10.8 Å². The summed E-state index contributed by atoms with van der Waals surface area (Å²) in [6.07, 6.45) is 10.8. The quantitative estimate of drug-likeness (QED) is 0.278. The number of hydrogen-bond acceptors (Lipinski definition) is 9. The van der Waals surface area contributed by atoms with Crippen LogP contribution >= 0.6 is 0 Å². The highest BCUT2D eigenvalue weighted by atomic mass is 16.5. The van der Waals surface area contributed by atoms with Crippen LogP contribution in [-0.2, 0) is 29.9 Å². The van der Waals surface area contributed by atoms with E-state index in [0.29, 0.717) is 19.4 Å². The van der Waals surface area contributed by atoms with Crippen LogP contribution in [0.3, 0.4) is 0 Å². The van der Waals surface area contributed by atoms with Crippen LogP contribution < -0.4 is 10.6 Å². The minimum atomic E-state index is -0.777. The summed E-state index contributed by atoms with van der Waals surface area (Å²) in [5.74, 6) is -0.541. The predicted molar refractivity (Wildman–Crippen MR) is 193 cm³/mol. The van der Waals surface area contributed by atoms with Crippen LogP contribution in [-0.4, -0.2) is 78.5 Å². The number of carbonyl (C=O) groups is 2. The molecule has 0 bridgehead atoms. The molecule has 8 aliphatic rings. The van der Waals surface area contributed by atoms with E-state index in [2.05, 4.69) is 95.0 Å². The minimum absolute atomic E-state index is 0.0155. The van der Waals surface area contributed by atoms with Gasteiger partial charge in [-0.2, -0.15) is 0 Å². The standard InChI is InChI=1S/C42H46N4O5/c1-5-39-16-15-31(45-19-17-41(37(39)45)27-11-7-9-13-29(27)43-32(41)25(22-39)35(48)50-3)24-21-40(6-2)23-26(36(49)51-4)33-42(18-20-46(34(24)47)38(40)42)28-12-8-10-14-30(28)44-33/h7-16,21,31,34,37-38,43-44,47H,5-6,17-20,22-23H2,1-4H3/t31-,34?,37-,38-,39-,40-,41-,42-/m0/s1. The molecule has 9 nitrogen and oxygen atoms in total. The molecule has 0 radical (unpaired) electrons. The summed E-state index contributed by atoms with van der Waals surface area (Å²) in [4.78, 5) is 32.2. The molecule has 3 N–H and O–H groups in total. The fourth-order valence-electron chi connectivity index (χ4n) is 12.7. The maximum atomic E-state index is 13.7. The topological polar surface area (TPSA) is 103 Å². The Bertz CT molecular complexity index is 2050. The Morgan fingerprint density at radius 3 is 1.84 bits per heavy atom. The van der Waals surface area contributed by atoms with E-state index in [0.717, 1.165) is 71.7 Å². The smallest absolute Gasteiger partial charge is 0.335 e. The van der Waals surface area contributed by atoms with Crippen molar-refractivity contribution in [3.8, 4) is 0 Å². The lowest BCUT2D eigenvalue weighted by molar-refractivity contribution is -0.138. The predicted octanol–water partition coefficient (Wildman–Crippen LogP) is 5.51. The van der Waals surface area contributed by atoms with Crippen LogP contribution in [0.5, 0.6) is 0 Å². The molecule has 2 aromatic carbocycles. The van der Waals surface area contributed by atoms with Gasteiger partial charge in [0.25, 0.3) is 0 Å². The highest BCUT2D eigenvalue weighted by molar-refractivity contribution is 5.94. The molecule has 0 saturated carbocycles. The van der Waals surface area contributed by atoms with E-state index in [4.69, 9.17) is 9.47 Å². The number of nitrogens with zero attached hydrogens (tertiary/aromatic N) is 2. The van der Waals surface area contributed by atoms with E-state index in [1.165, 1.54) is 25.3 Å². The van der Waals surface area contributed by atoms with Gasteiger partial charge in [0.1, 0.15) is 6.23 Å². The lowest BCUT2D eigenvalue weighted by atomic mass is 9.53. The Labute approximate surface area is 299 Å². The lowest BCUT2D eigenvalue weighted by Crippen LogP contribution is -2.65. The van der Waals surface area contributed by atoms with Crippen molar-refractivity contribution in [2.45, 2.75) is 87.6 Å². The highest BCUT2D eigenvalue weighted by Gasteiger charge is 2.70. The zero-order valence-electron chi connectivity index (χ0n) is 29.8. The summed E-state index contributed by atoms with van der Waals surface area (Å²) in [6.45, 7) is 6.02. The molecule has 1 unspecified atom stereocenters. The molecule has 2 aromatic rings. The fourth-order valence-corrected chi connectivity index (χ4v) is 12.7. The van der Waals surface area contributed by atoms with Crippen LogP contribution in [0.4, 0.5) is 11.4 Å². The van der Waals surface area contributed by atoms with Crippen molar-refractivity contribution in [1.82, 2.24) is 9.80 Å². The van der Waals surface area contributed by atoms with Crippen molar-refractivity contribution in [2.24, 2.45) is 10.8 Å². The summed E-state index contributed by atoms with van der Waals surface area (Å²) in [6, 6.07) is 16.9. The molecule has 9 heteroatoms. The number of benzene rings is 2. The number of fused-ring (bicyclic) bond motifs is 2. The molecular weight excluding hydrogens is 640 g/mol. The second kappa shape index (κ2) is 10.5. The molecule has 10 rings (SSSR count). The van der Waals surface area contributed by atoms with Gasteiger partial charge < -0.3 is 25.2 Å². The van der Waals surface area contributed by atoms with Crippen molar-refractivity contribution in [3.63, 3.8) is 0 Å². The third kappa shape index (κ3) is 3.58. The molecule has 2 aliphatic carbocycles. The van der Waals surface area contributed by atoms with Gasteiger partial charge in [-0.3, -0.25) is 9.80 Å². The van der Waals surface area contributed by atoms with E-state index >= 15 is 0 Å². The number of anilines is 2. The SMILES string of the molecule is CC[C@]12C=C([C@@H]3C=C[C@@]4(CC)CC(C(=O)OC)=C5Nc6ccccc6[C@@]56CCN3[C@@H]46)C(O)N3CC[C@]4(C(=C(C(=O)OC)C1)Nc1ccccc14)[C@@H]32. The van der Waals surface area contributed by atoms with Gasteiger partial charge >= 0.3 is 11.9 Å². The maximum Gasteiger partial charge on any atom is 0.335 e. The average Bonchev–Trinajstić information content (AvgIpc) is 3.94. The molecule has 51 heavy (non-hydrogen) atoms. The monoisotopic (exact) mass is 686 g/mol. The van der Waals surface area contributed by atoms with Crippen molar-refractivity contribution in [3.05, 3.63) is 106 Å². The number of para-hydroxylation sites is 2. The summed E-state index contributed by atoms with van der Waals surface area (Å²) in [7, 11) is 2.96. The van der Waals surface area contributed by atoms with Crippen LogP contribution in [0.1, 0.15) is 63.5 Å². The van der Waals surface area contributed by atoms with E-state index in [9.17, 15) is 14.7 Å². The van der Waals surface area contributed by atoms with Gasteiger partial charge in [0.2, 0.25) is 0 Å². The van der Waals surface area contributed by atoms with Gasteiger partial charge in [-0.25, -0.2) is 9.59 Å². The summed E-state index contributed by atoms with van der Waals surface area (Å²) in [5.41, 5.74) is 7.42. The molecule has 2 spiro atoms. The minimum Gasteiger partial charge on any atom is -0.466 e. The highest BCUT2D eigenvalue weighted by Crippen LogP contribution is 2.68. The largest absolute Gasteiger partial charge is 0.466 e. The normalized spacial score (nSPS) is 38.1. The maximum absolute atomic E-state index is 13.7. The van der Waals surface area contributed by atoms with E-state index in [1.54, 1.807) is 0 Å². The van der Waals surface area contributed by atoms with E-state index < -0.39 is 22.5 Å². The number of aliphatic hydroxyl groups is 1. The molecule has 6 aliphatic heterocycles. The number of nitrogens with one attached hydrogen (secondary N) is 2. The van der Waals surface area contributed by atoms with Gasteiger partial charge in [0.15, 0.2) is 0 Å². The Hall–Kier alpha value is -4.18. The third-order valence-corrected chi connectivity index (χ3v) is 14.6. The van der Waals surface area contributed by atoms with Gasteiger partial charge in [0.05, 0.1) is 42.2 Å². The lowest BCUT2D eigenvalue weighted by Gasteiger charge is -2.59. The molecular formula is C42H46N4O5. The number of esters is 2. The summed E-state index contributed by atoms with van der Waals surface area (Å²) in [5, 5.41) is 20.1. The van der Waals surface area contributed by atoms with Gasteiger partial charge in [-0.05, 0) is 67.4 Å². The molecule has 0 aromatic heterocycles. The van der Waals surface area contributed by atoms with Crippen molar-refractivity contribution < 1.29 is 24.2 Å². The molecule has 8 atom stereocenters. The molecule has 6 heterocycles. The van der Waals surface area contributed by atoms with E-state index in [-0.39, 0.29) is 35.5 Å². The summed E-state index contributed by atoms with van der Waals surface area (Å²) >= 11 is 0. The second-order valence-electron chi connectivity index (χ2n) is 16.1. The first-order chi connectivity index (χ1) is 24.7. The van der Waals surface area contributed by atoms with Crippen LogP contribution in [0.25, 0.3) is 0 Å². The van der Waals surface area contributed by atoms with Crippen molar-refractivity contribution in [2.75, 3.05) is 37.9 Å². The molecule has 2 saturated heterocycles. The average molecular weight is 687 g/mol. The summed E-state index contributed by atoms with van der Waals surface area (Å²) < 4.78 is 10.9.